The molecule has 132 valence electrons. The predicted octanol–water partition coefficient (Wildman–Crippen LogP) is 2.08. The third-order valence-corrected chi connectivity index (χ3v) is 4.49. The van der Waals surface area contributed by atoms with Crippen molar-refractivity contribution < 1.29 is 24.6 Å². The predicted molar refractivity (Wildman–Crippen MR) is 95.3 cm³/mol. The molecular formula is C17H18N2O5S. The molecule has 1 amide bonds. The van der Waals surface area contributed by atoms with Gasteiger partial charge in [-0.25, -0.2) is 4.99 Å². The van der Waals surface area contributed by atoms with Crippen LogP contribution in [0.5, 0.6) is 0 Å². The van der Waals surface area contributed by atoms with E-state index in [0.717, 1.165) is 11.1 Å². The molecule has 7 nitrogen and oxygen atoms in total. The second-order valence-electron chi connectivity index (χ2n) is 6.45. The van der Waals surface area contributed by atoms with Crippen LogP contribution in [0.25, 0.3) is 6.08 Å². The molecule has 0 saturated carbocycles. The number of rotatable bonds is 4. The monoisotopic (exact) mass is 362 g/mol. The minimum Gasteiger partial charge on any atom is -0.480 e. The molecule has 0 unspecified atom stereocenters. The molecular weight excluding hydrogens is 344 g/mol. The van der Waals surface area contributed by atoms with E-state index in [-0.39, 0.29) is 16.3 Å². The number of nitrogens with zero attached hydrogens (tertiary/aromatic N) is 1. The average molecular weight is 362 g/mol. The summed E-state index contributed by atoms with van der Waals surface area (Å²) in [6.07, 6.45) is 1.56. The van der Waals surface area contributed by atoms with Gasteiger partial charge >= 0.3 is 11.9 Å². The maximum Gasteiger partial charge on any atom is 0.328 e. The summed E-state index contributed by atoms with van der Waals surface area (Å²) in [7, 11) is 0. The highest BCUT2D eigenvalue weighted by Gasteiger charge is 2.32. The Morgan fingerprint density at radius 1 is 1.16 bits per heavy atom. The van der Waals surface area contributed by atoms with Crippen molar-refractivity contribution in [3.63, 3.8) is 0 Å². The van der Waals surface area contributed by atoms with Gasteiger partial charge in [0.05, 0.1) is 0 Å². The summed E-state index contributed by atoms with van der Waals surface area (Å²) in [4.78, 5) is 37.8. The second kappa shape index (κ2) is 7.10. The second-order valence-corrected chi connectivity index (χ2v) is 7.54. The van der Waals surface area contributed by atoms with Gasteiger partial charge in [-0.1, -0.05) is 56.8 Å². The molecule has 1 heterocycles. The molecule has 8 heteroatoms. The molecule has 0 saturated heterocycles. The fourth-order valence-electron chi connectivity index (χ4n) is 2.06. The Morgan fingerprint density at radius 2 is 1.72 bits per heavy atom. The molecule has 0 fully saturated rings. The lowest BCUT2D eigenvalue weighted by atomic mass is 9.87. The van der Waals surface area contributed by atoms with E-state index in [9.17, 15) is 14.4 Å². The molecule has 0 aromatic heterocycles. The number of carboxylic acids is 2. The van der Waals surface area contributed by atoms with Crippen molar-refractivity contribution in [2.24, 2.45) is 4.99 Å². The number of aliphatic carboxylic acids is 2. The van der Waals surface area contributed by atoms with Crippen LogP contribution >= 0.6 is 11.8 Å². The lowest BCUT2D eigenvalue weighted by Gasteiger charge is -2.18. The van der Waals surface area contributed by atoms with E-state index >= 15 is 0 Å². The highest BCUT2D eigenvalue weighted by molar-refractivity contribution is 8.15. The van der Waals surface area contributed by atoms with Crippen molar-refractivity contribution in [3.05, 3.63) is 41.1 Å². The number of carboxylic acid groups (broad SMARTS) is 2. The number of amidine groups is 1. The van der Waals surface area contributed by atoms with E-state index in [2.05, 4.69) is 31.1 Å². The summed E-state index contributed by atoms with van der Waals surface area (Å²) in [5.74, 6) is -3.52. The van der Waals surface area contributed by atoms with Gasteiger partial charge in [0.2, 0.25) is 5.25 Å². The molecule has 0 atom stereocenters. The van der Waals surface area contributed by atoms with Gasteiger partial charge in [-0.2, -0.15) is 0 Å². The number of benzene rings is 1. The van der Waals surface area contributed by atoms with E-state index in [1.807, 2.05) is 24.3 Å². The fraction of sp³-hybridized carbons (Fsp3) is 0.294. The number of carbonyl (C=O) groups is 3. The minimum absolute atomic E-state index is 0.0149. The minimum atomic E-state index is -1.73. The quantitative estimate of drug-likeness (QED) is 0.558. The first kappa shape index (κ1) is 18.7. The van der Waals surface area contributed by atoms with Crippen LogP contribution in [0.3, 0.4) is 0 Å². The fourth-order valence-corrected chi connectivity index (χ4v) is 2.79. The maximum absolute atomic E-state index is 11.9. The van der Waals surface area contributed by atoms with Gasteiger partial charge in [0, 0.05) is 0 Å². The topological polar surface area (TPSA) is 116 Å². The van der Waals surface area contributed by atoms with E-state index in [1.54, 1.807) is 6.08 Å². The number of thioether (sulfide) groups is 1. The molecule has 1 aliphatic rings. The Morgan fingerprint density at radius 3 is 2.20 bits per heavy atom. The summed E-state index contributed by atoms with van der Waals surface area (Å²) >= 11 is 0.471. The first-order chi connectivity index (χ1) is 11.6. The van der Waals surface area contributed by atoms with Gasteiger partial charge in [-0.3, -0.25) is 19.7 Å². The Labute approximate surface area is 148 Å². The zero-order valence-corrected chi connectivity index (χ0v) is 14.8. The SMILES string of the molecule is CC(C)(C)c1ccc(/C=C2\N=C(SC(C(=O)O)C(=O)O)NC2=O)cc1. The van der Waals surface area contributed by atoms with Crippen molar-refractivity contribution in [2.75, 3.05) is 0 Å². The summed E-state index contributed by atoms with van der Waals surface area (Å²) in [5, 5.41) is 18.4. The first-order valence-electron chi connectivity index (χ1n) is 7.42. The molecule has 1 aliphatic heterocycles. The summed E-state index contributed by atoms with van der Waals surface area (Å²) in [6, 6.07) is 7.64. The van der Waals surface area contributed by atoms with Crippen molar-refractivity contribution in [1.82, 2.24) is 5.32 Å². The summed E-state index contributed by atoms with van der Waals surface area (Å²) in [5.41, 5.74) is 2.03. The molecule has 1 aromatic carbocycles. The van der Waals surface area contributed by atoms with E-state index in [1.165, 1.54) is 0 Å². The van der Waals surface area contributed by atoms with Gasteiger partial charge < -0.3 is 10.2 Å². The normalized spacial score (nSPS) is 16.1. The van der Waals surface area contributed by atoms with Crippen molar-refractivity contribution in [1.29, 1.82) is 0 Å². The van der Waals surface area contributed by atoms with Gasteiger partial charge in [0.1, 0.15) is 5.70 Å². The highest BCUT2D eigenvalue weighted by atomic mass is 32.2. The van der Waals surface area contributed by atoms with E-state index in [4.69, 9.17) is 10.2 Å². The van der Waals surface area contributed by atoms with Crippen LogP contribution in [0.2, 0.25) is 0 Å². The Kier molecular flexibility index (Phi) is 5.32. The molecule has 0 radical (unpaired) electrons. The Hall–Kier alpha value is -2.61. The average Bonchev–Trinajstić information content (AvgIpc) is 2.84. The smallest absolute Gasteiger partial charge is 0.328 e. The Balaban J connectivity index is 2.20. The third-order valence-electron chi connectivity index (χ3n) is 3.43. The molecule has 25 heavy (non-hydrogen) atoms. The highest BCUT2D eigenvalue weighted by Crippen LogP contribution is 2.24. The van der Waals surface area contributed by atoms with Crippen LogP contribution in [0.4, 0.5) is 0 Å². The maximum atomic E-state index is 11.9. The van der Waals surface area contributed by atoms with Gasteiger partial charge in [-0.05, 0) is 22.6 Å². The van der Waals surface area contributed by atoms with Crippen LogP contribution in [0.1, 0.15) is 31.9 Å². The molecule has 2 rings (SSSR count). The summed E-state index contributed by atoms with van der Waals surface area (Å²) in [6.45, 7) is 6.29. The largest absolute Gasteiger partial charge is 0.480 e. The van der Waals surface area contributed by atoms with E-state index in [0.29, 0.717) is 11.8 Å². The zero-order valence-electron chi connectivity index (χ0n) is 13.9. The number of amides is 1. The van der Waals surface area contributed by atoms with Crippen LogP contribution in [0, 0.1) is 0 Å². The number of carbonyl (C=O) groups excluding carboxylic acids is 1. The zero-order chi connectivity index (χ0) is 18.8. The van der Waals surface area contributed by atoms with Gasteiger partial charge in [-0.15, -0.1) is 0 Å². The van der Waals surface area contributed by atoms with Crippen LogP contribution in [0.15, 0.2) is 35.0 Å². The number of nitrogens with one attached hydrogen (secondary N) is 1. The number of hydrogen-bond acceptors (Lipinski definition) is 5. The van der Waals surface area contributed by atoms with Crippen LogP contribution in [-0.4, -0.2) is 38.5 Å². The summed E-state index contributed by atoms with van der Waals surface area (Å²) < 4.78 is 0. The van der Waals surface area contributed by atoms with Crippen molar-refractivity contribution in [3.8, 4) is 0 Å². The number of hydrogen-bond donors (Lipinski definition) is 3. The number of aliphatic imine (C=N–C) groups is 1. The molecule has 0 bridgehead atoms. The lowest BCUT2D eigenvalue weighted by Crippen LogP contribution is -2.31. The van der Waals surface area contributed by atoms with Gasteiger partial charge in [0.25, 0.3) is 5.91 Å². The lowest BCUT2D eigenvalue weighted by molar-refractivity contribution is -0.146. The molecule has 1 aromatic rings. The van der Waals surface area contributed by atoms with Crippen LogP contribution in [-0.2, 0) is 19.8 Å². The van der Waals surface area contributed by atoms with E-state index < -0.39 is 23.1 Å². The van der Waals surface area contributed by atoms with Crippen molar-refractivity contribution in [2.45, 2.75) is 31.4 Å². The molecule has 0 spiro atoms. The molecule has 3 N–H and O–H groups in total. The van der Waals surface area contributed by atoms with Gasteiger partial charge in [0.15, 0.2) is 5.17 Å². The van der Waals surface area contributed by atoms with Crippen molar-refractivity contribution >= 4 is 40.9 Å². The van der Waals surface area contributed by atoms with Crippen LogP contribution < -0.4 is 5.32 Å². The molecule has 0 aliphatic carbocycles. The third kappa shape index (κ3) is 4.69. The first-order valence-corrected chi connectivity index (χ1v) is 8.30. The Bertz CT molecular complexity index is 761. The standard InChI is InChI=1S/C17H18N2O5S/c1-17(2,3)10-6-4-9(5-7-10)8-11-13(20)19-16(18-11)25-12(14(21)22)15(23)24/h4-8,12H,1-3H3,(H,21,22)(H,23,24)(H,18,19,20)/b11-8-.